The maximum atomic E-state index is 13.1. The van der Waals surface area contributed by atoms with E-state index in [0.717, 1.165) is 0 Å². The number of likely N-dealkylation sites (N-methyl/N-ethyl adjacent to an activating group) is 1. The Hall–Kier alpha value is -1.95. The number of rotatable bonds is 3. The van der Waals surface area contributed by atoms with Crippen molar-refractivity contribution in [2.24, 2.45) is 5.92 Å². The molecule has 2 rings (SSSR count). The molecule has 114 valence electrons. The summed E-state index contributed by atoms with van der Waals surface area (Å²) in [7, 11) is 2.97. The van der Waals surface area contributed by atoms with Crippen molar-refractivity contribution in [3.05, 3.63) is 35.6 Å². The number of nitrogens with zero attached hydrogens (tertiary/aromatic N) is 1. The number of carbonyl (C=O) groups is 2. The molecule has 6 heteroatoms. The van der Waals surface area contributed by atoms with E-state index in [0.29, 0.717) is 5.56 Å². The van der Waals surface area contributed by atoms with Crippen LogP contribution in [-0.4, -0.2) is 41.6 Å². The van der Waals surface area contributed by atoms with E-state index < -0.39 is 29.4 Å². The average molecular weight is 295 g/mol. The fraction of sp³-hybridized carbons (Fsp3) is 0.467. The third kappa shape index (κ3) is 2.51. The van der Waals surface area contributed by atoms with E-state index in [2.05, 4.69) is 0 Å². The monoisotopic (exact) mass is 295 g/mol. The van der Waals surface area contributed by atoms with E-state index in [1.54, 1.807) is 31.0 Å². The minimum atomic E-state index is -1.02. The number of ether oxygens (including phenoxy) is 1. The first-order valence-electron chi connectivity index (χ1n) is 6.61. The molecule has 0 spiro atoms. The van der Waals surface area contributed by atoms with Gasteiger partial charge in [0.25, 0.3) is 0 Å². The number of hydrogen-bond donors (Lipinski definition) is 1. The van der Waals surface area contributed by atoms with Crippen LogP contribution in [0.15, 0.2) is 24.3 Å². The third-order valence-electron chi connectivity index (χ3n) is 4.35. The smallest absolute Gasteiger partial charge is 0.326 e. The molecule has 1 aliphatic heterocycles. The van der Waals surface area contributed by atoms with Gasteiger partial charge in [-0.2, -0.15) is 0 Å². The summed E-state index contributed by atoms with van der Waals surface area (Å²) in [4.78, 5) is 25.3. The SMILES string of the molecule is COC(=O)[C@]1(C)C[C@@H](C(=O)O)[C@H](c2ccc(F)cc2)N1C. The van der Waals surface area contributed by atoms with Crippen LogP contribution in [0.25, 0.3) is 0 Å². The summed E-state index contributed by atoms with van der Waals surface area (Å²) in [6.07, 6.45) is 0.146. The van der Waals surface area contributed by atoms with Crippen molar-refractivity contribution in [3.63, 3.8) is 0 Å². The second-order valence-electron chi connectivity index (χ2n) is 5.52. The fourth-order valence-corrected chi connectivity index (χ4v) is 3.05. The highest BCUT2D eigenvalue weighted by Crippen LogP contribution is 2.46. The molecule has 1 fully saturated rings. The van der Waals surface area contributed by atoms with E-state index in [1.807, 2.05) is 0 Å². The molecule has 3 atom stereocenters. The van der Waals surface area contributed by atoms with Gasteiger partial charge in [-0.25, -0.2) is 4.39 Å². The Balaban J connectivity index is 2.44. The van der Waals surface area contributed by atoms with Gasteiger partial charge < -0.3 is 9.84 Å². The summed E-state index contributed by atoms with van der Waals surface area (Å²) < 4.78 is 17.9. The van der Waals surface area contributed by atoms with Crippen LogP contribution in [0.2, 0.25) is 0 Å². The predicted molar refractivity (Wildman–Crippen MR) is 73.1 cm³/mol. The molecule has 1 aromatic rings. The van der Waals surface area contributed by atoms with Crippen molar-refractivity contribution < 1.29 is 23.8 Å². The zero-order chi connectivity index (χ0) is 15.8. The van der Waals surface area contributed by atoms with E-state index in [4.69, 9.17) is 4.74 Å². The normalized spacial score (nSPS) is 29.3. The largest absolute Gasteiger partial charge is 0.481 e. The molecule has 0 saturated carbocycles. The highest BCUT2D eigenvalue weighted by molar-refractivity contribution is 5.83. The Bertz CT molecular complexity index is 559. The molecule has 0 unspecified atom stereocenters. The Labute approximate surface area is 122 Å². The lowest BCUT2D eigenvalue weighted by molar-refractivity contribution is -0.152. The van der Waals surface area contributed by atoms with E-state index in [1.165, 1.54) is 19.2 Å². The van der Waals surface area contributed by atoms with Crippen LogP contribution < -0.4 is 0 Å². The summed E-state index contributed by atoms with van der Waals surface area (Å²) in [6, 6.07) is 5.17. The first-order valence-corrected chi connectivity index (χ1v) is 6.61. The molecule has 0 bridgehead atoms. The van der Waals surface area contributed by atoms with Crippen LogP contribution in [-0.2, 0) is 14.3 Å². The number of methoxy groups -OCH3 is 1. The summed E-state index contributed by atoms with van der Waals surface area (Å²) in [5, 5.41) is 9.45. The first kappa shape index (κ1) is 15.4. The molecule has 1 N–H and O–H groups in total. The zero-order valence-electron chi connectivity index (χ0n) is 12.2. The Morgan fingerprint density at radius 3 is 2.43 bits per heavy atom. The van der Waals surface area contributed by atoms with Gasteiger partial charge in [0, 0.05) is 6.04 Å². The van der Waals surface area contributed by atoms with Crippen LogP contribution >= 0.6 is 0 Å². The molecular weight excluding hydrogens is 277 g/mol. The quantitative estimate of drug-likeness (QED) is 0.862. The lowest BCUT2D eigenvalue weighted by Gasteiger charge is -2.32. The fourth-order valence-electron chi connectivity index (χ4n) is 3.05. The molecule has 0 amide bonds. The molecule has 1 aliphatic rings. The van der Waals surface area contributed by atoms with Gasteiger partial charge in [0.2, 0.25) is 0 Å². The van der Waals surface area contributed by atoms with Gasteiger partial charge in [0.15, 0.2) is 0 Å². The van der Waals surface area contributed by atoms with Crippen LogP contribution in [0, 0.1) is 11.7 Å². The van der Waals surface area contributed by atoms with E-state index in [-0.39, 0.29) is 12.2 Å². The number of likely N-dealkylation sites (tertiary alicyclic amines) is 1. The number of halogens is 1. The van der Waals surface area contributed by atoms with Gasteiger partial charge >= 0.3 is 11.9 Å². The van der Waals surface area contributed by atoms with Gasteiger partial charge in [0.1, 0.15) is 11.4 Å². The summed E-state index contributed by atoms with van der Waals surface area (Å²) >= 11 is 0. The first-order chi connectivity index (χ1) is 9.81. The topological polar surface area (TPSA) is 66.8 Å². The predicted octanol–water partition coefficient (Wildman–Crippen LogP) is 1.83. The number of esters is 1. The maximum Gasteiger partial charge on any atom is 0.326 e. The lowest BCUT2D eigenvalue weighted by atomic mass is 9.90. The number of hydrogen-bond acceptors (Lipinski definition) is 4. The van der Waals surface area contributed by atoms with E-state index >= 15 is 0 Å². The molecule has 0 aromatic heterocycles. The van der Waals surface area contributed by atoms with Crippen molar-refractivity contribution in [2.45, 2.75) is 24.9 Å². The number of benzene rings is 1. The summed E-state index contributed by atoms with van der Waals surface area (Å²) in [6.45, 7) is 1.66. The van der Waals surface area contributed by atoms with Crippen LogP contribution in [0.3, 0.4) is 0 Å². The minimum absolute atomic E-state index is 0.146. The minimum Gasteiger partial charge on any atom is -0.481 e. The van der Waals surface area contributed by atoms with Crippen LogP contribution in [0.5, 0.6) is 0 Å². The molecule has 1 saturated heterocycles. The molecule has 21 heavy (non-hydrogen) atoms. The molecule has 0 radical (unpaired) electrons. The Morgan fingerprint density at radius 1 is 1.38 bits per heavy atom. The number of carboxylic acid groups (broad SMARTS) is 1. The highest BCUT2D eigenvalue weighted by atomic mass is 19.1. The van der Waals surface area contributed by atoms with Crippen molar-refractivity contribution >= 4 is 11.9 Å². The average Bonchev–Trinajstić information content (AvgIpc) is 2.73. The zero-order valence-corrected chi connectivity index (χ0v) is 12.2. The number of carbonyl (C=O) groups excluding carboxylic acids is 1. The summed E-state index contributed by atoms with van der Waals surface area (Å²) in [5.74, 6) is -2.60. The van der Waals surface area contributed by atoms with Gasteiger partial charge in [-0.1, -0.05) is 12.1 Å². The Morgan fingerprint density at radius 2 is 1.95 bits per heavy atom. The van der Waals surface area contributed by atoms with Gasteiger partial charge in [-0.15, -0.1) is 0 Å². The molecule has 5 nitrogen and oxygen atoms in total. The van der Waals surface area contributed by atoms with Gasteiger partial charge in [-0.05, 0) is 38.1 Å². The van der Waals surface area contributed by atoms with Crippen molar-refractivity contribution in [1.82, 2.24) is 4.90 Å². The van der Waals surface area contributed by atoms with Crippen molar-refractivity contribution in [1.29, 1.82) is 0 Å². The number of aliphatic carboxylic acids is 1. The molecule has 0 aliphatic carbocycles. The summed E-state index contributed by atoms with van der Waals surface area (Å²) in [5.41, 5.74) is -0.351. The van der Waals surface area contributed by atoms with Gasteiger partial charge in [-0.3, -0.25) is 14.5 Å². The molecule has 1 aromatic carbocycles. The van der Waals surface area contributed by atoms with E-state index in [9.17, 15) is 19.1 Å². The second kappa shape index (κ2) is 5.44. The van der Waals surface area contributed by atoms with Crippen molar-refractivity contribution in [2.75, 3.05) is 14.2 Å². The maximum absolute atomic E-state index is 13.1. The van der Waals surface area contributed by atoms with Crippen LogP contribution in [0.1, 0.15) is 24.9 Å². The second-order valence-corrected chi connectivity index (χ2v) is 5.52. The van der Waals surface area contributed by atoms with Crippen LogP contribution in [0.4, 0.5) is 4.39 Å². The molecule has 1 heterocycles. The molecular formula is C15H18FNO4. The lowest BCUT2D eigenvalue weighted by Crippen LogP contribution is -2.47. The third-order valence-corrected chi connectivity index (χ3v) is 4.35. The Kier molecular flexibility index (Phi) is 4.00. The van der Waals surface area contributed by atoms with Crippen molar-refractivity contribution in [3.8, 4) is 0 Å². The van der Waals surface area contributed by atoms with Gasteiger partial charge in [0.05, 0.1) is 13.0 Å². The highest BCUT2D eigenvalue weighted by Gasteiger charge is 2.55. The standard InChI is InChI=1S/C15H18FNO4/c1-15(14(20)21-3)8-11(13(18)19)12(17(15)2)9-4-6-10(16)7-5-9/h4-7,11-12H,8H2,1-3H3,(H,18,19)/t11-,12+,15+/m1/s1. The number of carboxylic acids is 1.